The molecular weight excluding hydrogens is 392 g/mol. The number of carbonyl (C=O) groups excluding carboxylic acids is 1. The highest BCUT2D eigenvalue weighted by Gasteiger charge is 2.29. The first-order valence-electron chi connectivity index (χ1n) is 9.02. The molecular formula is C21H22N2O7. The molecule has 0 amide bonds. The Morgan fingerprint density at radius 2 is 1.77 bits per heavy atom. The number of nitrogens with zero attached hydrogens (tertiary/aromatic N) is 2. The van der Waals surface area contributed by atoms with E-state index in [4.69, 9.17) is 18.9 Å². The number of pyridine rings is 1. The highest BCUT2D eigenvalue weighted by Crippen LogP contribution is 2.42. The SMILES string of the molecule is COC(=O)C[C@H](c1cc(OC)c(OC)c(OC)c1)c1c(O)nc2ccccn2c1=O. The summed E-state index contributed by atoms with van der Waals surface area (Å²) in [7, 11) is 5.64. The summed E-state index contributed by atoms with van der Waals surface area (Å²) in [6, 6.07) is 8.21. The van der Waals surface area contributed by atoms with Crippen LogP contribution in [0.25, 0.3) is 5.65 Å². The van der Waals surface area contributed by atoms with Crippen LogP contribution in [-0.2, 0) is 9.53 Å². The minimum Gasteiger partial charge on any atom is -0.493 e. The van der Waals surface area contributed by atoms with Gasteiger partial charge in [0.25, 0.3) is 5.56 Å². The van der Waals surface area contributed by atoms with Gasteiger partial charge in [0.2, 0.25) is 11.6 Å². The first-order chi connectivity index (χ1) is 14.4. The van der Waals surface area contributed by atoms with Gasteiger partial charge >= 0.3 is 5.97 Å². The number of rotatable bonds is 7. The number of aromatic nitrogens is 2. The summed E-state index contributed by atoms with van der Waals surface area (Å²) in [4.78, 5) is 29.5. The lowest BCUT2D eigenvalue weighted by Crippen LogP contribution is -2.24. The van der Waals surface area contributed by atoms with Crippen LogP contribution in [0, 0.1) is 0 Å². The molecule has 0 bridgehead atoms. The van der Waals surface area contributed by atoms with Gasteiger partial charge in [-0.2, -0.15) is 4.98 Å². The van der Waals surface area contributed by atoms with Crippen molar-refractivity contribution in [3.05, 3.63) is 58.0 Å². The average molecular weight is 414 g/mol. The summed E-state index contributed by atoms with van der Waals surface area (Å²) in [5, 5.41) is 10.6. The van der Waals surface area contributed by atoms with Gasteiger partial charge in [0, 0.05) is 12.1 Å². The molecule has 0 fully saturated rings. The maximum Gasteiger partial charge on any atom is 0.306 e. The maximum absolute atomic E-state index is 13.2. The smallest absolute Gasteiger partial charge is 0.306 e. The van der Waals surface area contributed by atoms with E-state index in [1.165, 1.54) is 39.0 Å². The van der Waals surface area contributed by atoms with Crippen molar-refractivity contribution in [1.82, 2.24) is 9.38 Å². The summed E-state index contributed by atoms with van der Waals surface area (Å²) in [6.07, 6.45) is 1.33. The molecule has 0 aliphatic heterocycles. The van der Waals surface area contributed by atoms with Crippen molar-refractivity contribution < 1.29 is 28.8 Å². The fourth-order valence-electron chi connectivity index (χ4n) is 3.34. The molecule has 158 valence electrons. The van der Waals surface area contributed by atoms with Crippen molar-refractivity contribution in [2.24, 2.45) is 0 Å². The van der Waals surface area contributed by atoms with Crippen molar-refractivity contribution >= 4 is 11.6 Å². The lowest BCUT2D eigenvalue weighted by atomic mass is 9.89. The van der Waals surface area contributed by atoms with Crippen molar-refractivity contribution in [2.75, 3.05) is 28.4 Å². The number of benzene rings is 1. The molecule has 2 aromatic heterocycles. The zero-order valence-electron chi connectivity index (χ0n) is 17.0. The van der Waals surface area contributed by atoms with E-state index in [-0.39, 0.29) is 17.6 Å². The average Bonchev–Trinajstić information content (AvgIpc) is 2.77. The summed E-state index contributed by atoms with van der Waals surface area (Å²) in [5.74, 6) is -0.855. The molecule has 0 unspecified atom stereocenters. The molecule has 0 aliphatic rings. The summed E-state index contributed by atoms with van der Waals surface area (Å²) >= 11 is 0. The molecule has 0 saturated carbocycles. The van der Waals surface area contributed by atoms with Gasteiger partial charge in [-0.25, -0.2) is 0 Å². The quantitative estimate of drug-likeness (QED) is 0.586. The highest BCUT2D eigenvalue weighted by atomic mass is 16.5. The molecule has 3 rings (SSSR count). The molecule has 30 heavy (non-hydrogen) atoms. The molecule has 1 N–H and O–H groups in total. The molecule has 1 aromatic carbocycles. The molecule has 9 nitrogen and oxygen atoms in total. The van der Waals surface area contributed by atoms with Crippen molar-refractivity contribution in [3.8, 4) is 23.1 Å². The fourth-order valence-corrected chi connectivity index (χ4v) is 3.34. The zero-order valence-corrected chi connectivity index (χ0v) is 17.0. The fraction of sp³-hybridized carbons (Fsp3) is 0.286. The van der Waals surface area contributed by atoms with Gasteiger partial charge in [0.1, 0.15) is 5.65 Å². The van der Waals surface area contributed by atoms with Crippen molar-refractivity contribution in [1.29, 1.82) is 0 Å². The Bertz CT molecular complexity index is 1110. The van der Waals surface area contributed by atoms with Gasteiger partial charge in [0.05, 0.1) is 40.4 Å². The van der Waals surface area contributed by atoms with Crippen LogP contribution in [0.1, 0.15) is 23.5 Å². The summed E-state index contributed by atoms with van der Waals surface area (Å²) in [5.41, 5.74) is 0.226. The lowest BCUT2D eigenvalue weighted by Gasteiger charge is -2.20. The summed E-state index contributed by atoms with van der Waals surface area (Å²) < 4.78 is 22.2. The van der Waals surface area contributed by atoms with Gasteiger partial charge in [-0.1, -0.05) is 6.07 Å². The Balaban J connectivity index is 2.29. The van der Waals surface area contributed by atoms with E-state index < -0.39 is 23.3 Å². The molecule has 1 atom stereocenters. The number of esters is 1. The van der Waals surface area contributed by atoms with E-state index in [1.54, 1.807) is 30.3 Å². The largest absolute Gasteiger partial charge is 0.493 e. The van der Waals surface area contributed by atoms with E-state index in [9.17, 15) is 14.7 Å². The predicted octanol–water partition coefficient (Wildman–Crippen LogP) is 2.12. The van der Waals surface area contributed by atoms with E-state index in [1.807, 2.05) is 0 Å². The first-order valence-corrected chi connectivity index (χ1v) is 9.02. The second kappa shape index (κ2) is 8.73. The number of ether oxygens (including phenoxy) is 4. The Morgan fingerprint density at radius 3 is 2.33 bits per heavy atom. The second-order valence-corrected chi connectivity index (χ2v) is 6.37. The van der Waals surface area contributed by atoms with E-state index in [2.05, 4.69) is 4.98 Å². The van der Waals surface area contributed by atoms with Gasteiger partial charge < -0.3 is 24.1 Å². The van der Waals surface area contributed by atoms with Crippen molar-refractivity contribution in [2.45, 2.75) is 12.3 Å². The molecule has 9 heteroatoms. The van der Waals surface area contributed by atoms with E-state index in [0.717, 1.165) is 0 Å². The number of hydrogen-bond acceptors (Lipinski definition) is 8. The monoisotopic (exact) mass is 414 g/mol. The Hall–Kier alpha value is -3.75. The summed E-state index contributed by atoms with van der Waals surface area (Å²) in [6.45, 7) is 0. The molecule has 0 spiro atoms. The number of hydrogen-bond donors (Lipinski definition) is 1. The Morgan fingerprint density at radius 1 is 1.10 bits per heavy atom. The maximum atomic E-state index is 13.2. The molecule has 0 radical (unpaired) electrons. The first kappa shape index (κ1) is 21.0. The van der Waals surface area contributed by atoms with Crippen LogP contribution in [0.4, 0.5) is 0 Å². The van der Waals surface area contributed by atoms with Crippen LogP contribution in [-0.4, -0.2) is 48.9 Å². The lowest BCUT2D eigenvalue weighted by molar-refractivity contribution is -0.140. The highest BCUT2D eigenvalue weighted by molar-refractivity contribution is 5.72. The minimum atomic E-state index is -0.872. The van der Waals surface area contributed by atoms with E-state index in [0.29, 0.717) is 22.8 Å². The second-order valence-electron chi connectivity index (χ2n) is 6.37. The number of methoxy groups -OCH3 is 4. The predicted molar refractivity (Wildman–Crippen MR) is 108 cm³/mol. The molecule has 2 heterocycles. The van der Waals surface area contributed by atoms with Crippen LogP contribution in [0.5, 0.6) is 23.1 Å². The Kier molecular flexibility index (Phi) is 6.10. The Labute approximate surface area is 172 Å². The third-order valence-electron chi connectivity index (χ3n) is 4.79. The van der Waals surface area contributed by atoms with E-state index >= 15 is 0 Å². The molecule has 3 aromatic rings. The number of fused-ring (bicyclic) bond motifs is 1. The normalized spacial score (nSPS) is 11.7. The van der Waals surface area contributed by atoms with Gasteiger partial charge in [-0.3, -0.25) is 14.0 Å². The van der Waals surface area contributed by atoms with Crippen LogP contribution < -0.4 is 19.8 Å². The molecule has 0 saturated heterocycles. The van der Waals surface area contributed by atoms with Gasteiger partial charge in [-0.15, -0.1) is 0 Å². The minimum absolute atomic E-state index is 0.0432. The zero-order chi connectivity index (χ0) is 21.8. The number of carbonyl (C=O) groups is 1. The van der Waals surface area contributed by atoms with Gasteiger partial charge in [0.15, 0.2) is 11.5 Å². The number of aromatic hydroxyl groups is 1. The topological polar surface area (TPSA) is 109 Å². The third-order valence-corrected chi connectivity index (χ3v) is 4.79. The third kappa shape index (κ3) is 3.73. The molecule has 0 aliphatic carbocycles. The van der Waals surface area contributed by atoms with Crippen molar-refractivity contribution in [3.63, 3.8) is 0 Å². The van der Waals surface area contributed by atoms with Crippen LogP contribution in [0.15, 0.2) is 41.3 Å². The standard InChI is InChI=1S/C21H22N2O7/c1-27-14-9-12(10-15(28-2)19(14)30-4)13(11-17(24)29-3)18-20(25)22-16-7-5-6-8-23(16)21(18)26/h5-10,13,25H,11H2,1-4H3/t13-/m1/s1. The van der Waals surface area contributed by atoms with Gasteiger partial charge in [-0.05, 0) is 29.8 Å². The van der Waals surface area contributed by atoms with Crippen LogP contribution in [0.2, 0.25) is 0 Å². The van der Waals surface area contributed by atoms with Crippen LogP contribution in [0.3, 0.4) is 0 Å². The van der Waals surface area contributed by atoms with Crippen LogP contribution >= 0.6 is 0 Å².